The lowest BCUT2D eigenvalue weighted by Gasteiger charge is -2.39. The van der Waals surface area contributed by atoms with Crippen LogP contribution in [0.5, 0.6) is 0 Å². The van der Waals surface area contributed by atoms with Crippen molar-refractivity contribution in [1.29, 1.82) is 0 Å². The zero-order valence-electron chi connectivity index (χ0n) is 11.8. The molecular formula is C12H22N6O. The van der Waals surface area contributed by atoms with E-state index in [1.54, 1.807) is 10.9 Å². The number of hydrogen-bond donors (Lipinski definition) is 2. The van der Waals surface area contributed by atoms with E-state index in [2.05, 4.69) is 25.7 Å². The molecule has 2 N–H and O–H groups in total. The first-order chi connectivity index (χ1) is 9.01. The van der Waals surface area contributed by atoms with Crippen LogP contribution in [0.25, 0.3) is 0 Å². The predicted octanol–water partition coefficient (Wildman–Crippen LogP) is -0.885. The molecule has 1 aliphatic rings. The maximum absolute atomic E-state index is 12.3. The number of aromatic nitrogens is 3. The highest BCUT2D eigenvalue weighted by Crippen LogP contribution is 2.15. The minimum absolute atomic E-state index is 0.0254. The van der Waals surface area contributed by atoms with Crippen molar-refractivity contribution < 1.29 is 4.79 Å². The quantitative estimate of drug-likeness (QED) is 0.740. The second-order valence-corrected chi connectivity index (χ2v) is 5.34. The Kier molecular flexibility index (Phi) is 4.16. The second-order valence-electron chi connectivity index (χ2n) is 5.34. The largest absolute Gasteiger partial charge is 0.347 e. The van der Waals surface area contributed by atoms with Gasteiger partial charge in [0.05, 0.1) is 12.1 Å². The van der Waals surface area contributed by atoms with Crippen LogP contribution < -0.4 is 10.6 Å². The minimum atomic E-state index is -0.499. The molecule has 1 amide bonds. The van der Waals surface area contributed by atoms with E-state index in [0.717, 1.165) is 32.0 Å². The van der Waals surface area contributed by atoms with Crippen molar-refractivity contribution in [1.82, 2.24) is 30.3 Å². The Morgan fingerprint density at radius 1 is 1.47 bits per heavy atom. The number of hydrogen-bond acceptors (Lipinski definition) is 5. The molecule has 0 saturated carbocycles. The molecule has 0 aliphatic carbocycles. The molecule has 0 radical (unpaired) electrons. The summed E-state index contributed by atoms with van der Waals surface area (Å²) in [4.78, 5) is 14.5. The summed E-state index contributed by atoms with van der Waals surface area (Å²) in [5.41, 5.74) is -0.499. The van der Waals surface area contributed by atoms with Gasteiger partial charge in [0.1, 0.15) is 6.33 Å². The first-order valence-electron chi connectivity index (χ1n) is 6.59. The average Bonchev–Trinajstić information content (AvgIpc) is 2.82. The average molecular weight is 266 g/mol. The van der Waals surface area contributed by atoms with Gasteiger partial charge in [-0.2, -0.15) is 0 Å². The molecule has 7 nitrogen and oxygen atoms in total. The van der Waals surface area contributed by atoms with E-state index in [0.29, 0.717) is 6.54 Å². The number of nitrogens with one attached hydrogen (secondary N) is 2. The summed E-state index contributed by atoms with van der Waals surface area (Å²) in [6.45, 7) is 7.98. The Hall–Kier alpha value is -1.47. The third-order valence-corrected chi connectivity index (χ3v) is 3.68. The van der Waals surface area contributed by atoms with Gasteiger partial charge in [-0.05, 0) is 13.8 Å². The van der Waals surface area contributed by atoms with Crippen LogP contribution in [0.1, 0.15) is 19.7 Å². The molecule has 2 rings (SSSR count). The van der Waals surface area contributed by atoms with Crippen molar-refractivity contribution in [3.8, 4) is 0 Å². The van der Waals surface area contributed by atoms with Crippen LogP contribution in [-0.4, -0.2) is 57.3 Å². The van der Waals surface area contributed by atoms with Gasteiger partial charge in [-0.15, -0.1) is 10.2 Å². The second kappa shape index (κ2) is 5.66. The van der Waals surface area contributed by atoms with E-state index < -0.39 is 5.54 Å². The van der Waals surface area contributed by atoms with Gasteiger partial charge < -0.3 is 15.2 Å². The Bertz CT molecular complexity index is 435. The van der Waals surface area contributed by atoms with Crippen LogP contribution in [0.2, 0.25) is 0 Å². The maximum Gasteiger partial charge on any atom is 0.240 e. The summed E-state index contributed by atoms with van der Waals surface area (Å²) in [5.74, 6) is 0.780. The van der Waals surface area contributed by atoms with Gasteiger partial charge in [0, 0.05) is 33.2 Å². The molecule has 1 saturated heterocycles. The topological polar surface area (TPSA) is 75.1 Å². The van der Waals surface area contributed by atoms with E-state index in [-0.39, 0.29) is 5.91 Å². The van der Waals surface area contributed by atoms with Gasteiger partial charge in [0.15, 0.2) is 5.82 Å². The molecule has 0 aromatic carbocycles. The van der Waals surface area contributed by atoms with Crippen LogP contribution >= 0.6 is 0 Å². The molecule has 1 aliphatic heterocycles. The highest BCUT2D eigenvalue weighted by Gasteiger charge is 2.34. The van der Waals surface area contributed by atoms with Crippen molar-refractivity contribution in [2.45, 2.75) is 25.9 Å². The zero-order valence-corrected chi connectivity index (χ0v) is 11.8. The maximum atomic E-state index is 12.3. The van der Waals surface area contributed by atoms with Crippen LogP contribution in [0.15, 0.2) is 6.33 Å². The van der Waals surface area contributed by atoms with E-state index in [9.17, 15) is 4.79 Å². The number of carbonyl (C=O) groups is 1. The van der Waals surface area contributed by atoms with Crippen molar-refractivity contribution >= 4 is 5.91 Å². The highest BCUT2D eigenvalue weighted by molar-refractivity contribution is 5.85. The van der Waals surface area contributed by atoms with Crippen molar-refractivity contribution in [2.75, 3.05) is 26.2 Å². The molecule has 0 atom stereocenters. The summed E-state index contributed by atoms with van der Waals surface area (Å²) in [6, 6.07) is 0. The van der Waals surface area contributed by atoms with Crippen LogP contribution in [-0.2, 0) is 18.4 Å². The molecule has 1 aromatic heterocycles. The normalized spacial score (nSPS) is 17.4. The van der Waals surface area contributed by atoms with Gasteiger partial charge in [0.25, 0.3) is 0 Å². The Labute approximate surface area is 113 Å². The molecular weight excluding hydrogens is 244 g/mol. The molecule has 19 heavy (non-hydrogen) atoms. The fourth-order valence-corrected chi connectivity index (χ4v) is 2.21. The number of nitrogens with zero attached hydrogens (tertiary/aromatic N) is 4. The molecule has 1 aromatic rings. The molecule has 0 unspecified atom stereocenters. The van der Waals surface area contributed by atoms with E-state index in [4.69, 9.17) is 0 Å². The van der Waals surface area contributed by atoms with E-state index in [1.165, 1.54) is 0 Å². The minimum Gasteiger partial charge on any atom is -0.347 e. The summed E-state index contributed by atoms with van der Waals surface area (Å²) in [6.07, 6.45) is 1.63. The third-order valence-electron chi connectivity index (χ3n) is 3.68. The fraction of sp³-hybridized carbons (Fsp3) is 0.750. The lowest BCUT2D eigenvalue weighted by atomic mass is 10.0. The highest BCUT2D eigenvalue weighted by atomic mass is 16.2. The molecule has 1 fully saturated rings. The number of aryl methyl sites for hydroxylation is 1. The van der Waals surface area contributed by atoms with E-state index >= 15 is 0 Å². The lowest BCUT2D eigenvalue weighted by molar-refractivity contribution is -0.132. The number of amides is 1. The first kappa shape index (κ1) is 14.0. The van der Waals surface area contributed by atoms with Crippen molar-refractivity contribution in [3.05, 3.63) is 12.2 Å². The van der Waals surface area contributed by atoms with Gasteiger partial charge >= 0.3 is 0 Å². The van der Waals surface area contributed by atoms with Gasteiger partial charge in [-0.25, -0.2) is 0 Å². The summed E-state index contributed by atoms with van der Waals surface area (Å²) < 4.78 is 1.80. The smallest absolute Gasteiger partial charge is 0.240 e. The van der Waals surface area contributed by atoms with Crippen LogP contribution in [0, 0.1) is 0 Å². The number of carbonyl (C=O) groups excluding carboxylic acids is 1. The van der Waals surface area contributed by atoms with E-state index in [1.807, 2.05) is 20.9 Å². The van der Waals surface area contributed by atoms with Crippen molar-refractivity contribution in [3.63, 3.8) is 0 Å². The Balaban J connectivity index is 1.92. The standard InChI is InChI=1S/C12H22N6O/c1-12(2,18-6-4-13-5-7-18)11(19)14-8-10-16-15-9-17(10)3/h9,13H,4-8H2,1-3H3,(H,14,19). The first-order valence-corrected chi connectivity index (χ1v) is 6.59. The molecule has 0 bridgehead atoms. The summed E-state index contributed by atoms with van der Waals surface area (Å²) >= 11 is 0. The Morgan fingerprint density at radius 2 is 2.16 bits per heavy atom. The Morgan fingerprint density at radius 3 is 2.74 bits per heavy atom. The summed E-state index contributed by atoms with van der Waals surface area (Å²) in [5, 5.41) is 14.0. The number of rotatable bonds is 4. The van der Waals surface area contributed by atoms with Gasteiger partial charge in [-0.3, -0.25) is 9.69 Å². The van der Waals surface area contributed by atoms with Crippen LogP contribution in [0.4, 0.5) is 0 Å². The van der Waals surface area contributed by atoms with Crippen molar-refractivity contribution in [2.24, 2.45) is 7.05 Å². The number of piperazine rings is 1. The third kappa shape index (κ3) is 3.10. The molecule has 0 spiro atoms. The predicted molar refractivity (Wildman–Crippen MR) is 71.4 cm³/mol. The lowest BCUT2D eigenvalue weighted by Crippen LogP contribution is -2.59. The van der Waals surface area contributed by atoms with Gasteiger partial charge in [-0.1, -0.05) is 0 Å². The molecule has 106 valence electrons. The van der Waals surface area contributed by atoms with Gasteiger partial charge in [0.2, 0.25) is 5.91 Å². The SMILES string of the molecule is Cn1cnnc1CNC(=O)C(C)(C)N1CCNCC1. The zero-order chi connectivity index (χ0) is 13.9. The summed E-state index contributed by atoms with van der Waals surface area (Å²) in [7, 11) is 1.86. The van der Waals surface area contributed by atoms with Crippen LogP contribution in [0.3, 0.4) is 0 Å². The molecule has 2 heterocycles. The fourth-order valence-electron chi connectivity index (χ4n) is 2.21. The molecule has 7 heteroatoms. The monoisotopic (exact) mass is 266 g/mol.